The molecule has 324 valence electrons. The van der Waals surface area contributed by atoms with Crippen LogP contribution in [-0.4, -0.2) is 43.6 Å². The lowest BCUT2D eigenvalue weighted by molar-refractivity contribution is 1.08. The van der Waals surface area contributed by atoms with E-state index in [4.69, 9.17) is 15.0 Å². The predicted molar refractivity (Wildman–Crippen MR) is 276 cm³/mol. The summed E-state index contributed by atoms with van der Waals surface area (Å²) in [5, 5.41) is 0. The lowest BCUT2D eigenvalue weighted by Gasteiger charge is -2.15. The van der Waals surface area contributed by atoms with Gasteiger partial charge in [-0.05, 0) is 161 Å². The van der Waals surface area contributed by atoms with Crippen molar-refractivity contribution in [3.63, 3.8) is 0 Å². The second-order valence-corrected chi connectivity index (χ2v) is 16.9. The third-order valence-electron chi connectivity index (χ3n) is 12.7. The third kappa shape index (κ3) is 7.13. The molecule has 7 aromatic carbocycles. The molecule has 0 atom stereocenters. The van der Waals surface area contributed by atoms with Gasteiger partial charge in [-0.2, -0.15) is 0 Å². The Morgan fingerprint density at radius 2 is 0.522 bits per heavy atom. The van der Waals surface area contributed by atoms with E-state index in [1.165, 1.54) is 0 Å². The second-order valence-electron chi connectivity index (χ2n) is 16.9. The minimum atomic E-state index is 0.799. The first-order valence-corrected chi connectivity index (χ1v) is 22.8. The maximum atomic E-state index is 5.03. The molecule has 6 aromatic heterocycles. The highest BCUT2D eigenvalue weighted by Crippen LogP contribution is 2.37. The van der Waals surface area contributed by atoms with Crippen LogP contribution in [0.2, 0.25) is 0 Å². The minimum absolute atomic E-state index is 0.799. The third-order valence-corrected chi connectivity index (χ3v) is 12.7. The standard InChI is InChI=1S/C60H39N9/c1-4-19-55-49(13-1)64-58(52-16-7-10-34-61-52)67(55)46-28-22-40(23-29-46)43-37-44(41-24-30-47(31-25-41)68-56-20-5-2-14-50(56)65-59(68)53-17-8-11-35-62-53)39-45(38-43)42-26-32-48(33-27-42)69-57-21-6-3-15-51(57)66-60(69)54-18-9-12-36-63-54/h1-39H. The molecule has 6 heterocycles. The van der Waals surface area contributed by atoms with Crippen LogP contribution in [-0.2, 0) is 0 Å². The highest BCUT2D eigenvalue weighted by atomic mass is 15.1. The van der Waals surface area contributed by atoms with Crippen LogP contribution in [0.1, 0.15) is 0 Å². The van der Waals surface area contributed by atoms with Crippen molar-refractivity contribution in [1.82, 2.24) is 43.6 Å². The zero-order valence-electron chi connectivity index (χ0n) is 37.0. The summed E-state index contributed by atoms with van der Waals surface area (Å²) in [5.74, 6) is 2.40. The van der Waals surface area contributed by atoms with E-state index >= 15 is 0 Å². The monoisotopic (exact) mass is 885 g/mol. The van der Waals surface area contributed by atoms with Gasteiger partial charge >= 0.3 is 0 Å². The normalized spacial score (nSPS) is 11.5. The molecule has 9 heteroatoms. The van der Waals surface area contributed by atoms with Crippen molar-refractivity contribution in [2.75, 3.05) is 0 Å². The molecule has 0 fully saturated rings. The van der Waals surface area contributed by atoms with E-state index in [1.807, 2.05) is 110 Å². The fourth-order valence-electron chi connectivity index (χ4n) is 9.40. The SMILES string of the molecule is c1ccc(-c2nc3ccccc3n2-c2ccc(-c3cc(-c4ccc(-n5c(-c6ccccn6)nc6ccccc65)cc4)cc(-c4ccc(-n5c(-c6ccccn6)nc6ccccc65)cc4)c3)cc2)nc1. The smallest absolute Gasteiger partial charge is 0.164 e. The van der Waals surface area contributed by atoms with Crippen molar-refractivity contribution in [2.45, 2.75) is 0 Å². The van der Waals surface area contributed by atoms with Crippen LogP contribution in [0.5, 0.6) is 0 Å². The summed E-state index contributed by atoms with van der Waals surface area (Å²) in [4.78, 5) is 29.1. The van der Waals surface area contributed by atoms with Gasteiger partial charge in [-0.3, -0.25) is 28.7 Å². The topological polar surface area (TPSA) is 92.1 Å². The molecule has 0 bridgehead atoms. The molecule has 13 rings (SSSR count). The van der Waals surface area contributed by atoms with E-state index in [2.05, 4.69) is 156 Å². The molecule has 0 N–H and O–H groups in total. The molecular formula is C60H39N9. The van der Waals surface area contributed by atoms with Gasteiger partial charge in [0.25, 0.3) is 0 Å². The highest BCUT2D eigenvalue weighted by Gasteiger charge is 2.19. The summed E-state index contributed by atoms with van der Waals surface area (Å²) in [6.07, 6.45) is 5.43. The quantitative estimate of drug-likeness (QED) is 0.143. The Bertz CT molecular complexity index is 3540. The number of hydrogen-bond donors (Lipinski definition) is 0. The highest BCUT2D eigenvalue weighted by molar-refractivity contribution is 5.87. The summed E-state index contributed by atoms with van der Waals surface area (Å²) >= 11 is 0. The summed E-state index contributed by atoms with van der Waals surface area (Å²) in [6, 6.07) is 75.6. The Kier molecular flexibility index (Phi) is 9.61. The molecule has 9 nitrogen and oxygen atoms in total. The van der Waals surface area contributed by atoms with Gasteiger partial charge in [0, 0.05) is 35.7 Å². The van der Waals surface area contributed by atoms with E-state index in [0.717, 1.165) is 118 Å². The van der Waals surface area contributed by atoms with Gasteiger partial charge in [0.05, 0.1) is 33.1 Å². The first-order valence-electron chi connectivity index (χ1n) is 22.8. The summed E-state index contributed by atoms with van der Waals surface area (Å²) in [6.45, 7) is 0. The molecular weight excluding hydrogens is 847 g/mol. The number of rotatable bonds is 9. The molecule has 0 amide bonds. The Morgan fingerprint density at radius 3 is 0.797 bits per heavy atom. The van der Waals surface area contributed by atoms with Crippen LogP contribution >= 0.6 is 0 Å². The number of para-hydroxylation sites is 6. The average molecular weight is 886 g/mol. The number of imidazole rings is 3. The number of aromatic nitrogens is 9. The van der Waals surface area contributed by atoms with Gasteiger partial charge < -0.3 is 0 Å². The molecule has 13 aromatic rings. The van der Waals surface area contributed by atoms with Crippen molar-refractivity contribution >= 4 is 33.1 Å². The predicted octanol–water partition coefficient (Wildman–Crippen LogP) is 13.9. The lowest BCUT2D eigenvalue weighted by Crippen LogP contribution is -1.99. The molecule has 0 saturated carbocycles. The summed E-state index contributed by atoms with van der Waals surface area (Å²) in [5.41, 5.74) is 17.8. The summed E-state index contributed by atoms with van der Waals surface area (Å²) < 4.78 is 6.58. The van der Waals surface area contributed by atoms with Crippen LogP contribution in [0.15, 0.2) is 237 Å². The first-order chi connectivity index (χ1) is 34.2. The Hall–Kier alpha value is -9.60. The van der Waals surface area contributed by atoms with Gasteiger partial charge in [0.1, 0.15) is 17.1 Å². The van der Waals surface area contributed by atoms with Gasteiger partial charge in [-0.15, -0.1) is 0 Å². The fourth-order valence-corrected chi connectivity index (χ4v) is 9.40. The Morgan fingerprint density at radius 1 is 0.246 bits per heavy atom. The molecule has 0 aliphatic heterocycles. The zero-order chi connectivity index (χ0) is 45.7. The molecule has 0 radical (unpaired) electrons. The van der Waals surface area contributed by atoms with Gasteiger partial charge in [0.15, 0.2) is 17.5 Å². The van der Waals surface area contributed by atoms with Crippen molar-refractivity contribution in [3.8, 4) is 85.0 Å². The van der Waals surface area contributed by atoms with Crippen LogP contribution in [0.4, 0.5) is 0 Å². The number of nitrogens with zero attached hydrogens (tertiary/aromatic N) is 9. The van der Waals surface area contributed by atoms with E-state index < -0.39 is 0 Å². The van der Waals surface area contributed by atoms with Crippen molar-refractivity contribution in [1.29, 1.82) is 0 Å². The molecule has 0 saturated heterocycles. The number of benzene rings is 7. The average Bonchev–Trinajstić information content (AvgIpc) is 4.14. The van der Waals surface area contributed by atoms with Crippen LogP contribution in [0, 0.1) is 0 Å². The fraction of sp³-hybridized carbons (Fsp3) is 0. The van der Waals surface area contributed by atoms with Crippen molar-refractivity contribution in [2.24, 2.45) is 0 Å². The largest absolute Gasteiger partial charge is 0.291 e. The van der Waals surface area contributed by atoms with Gasteiger partial charge in [-0.25, -0.2) is 15.0 Å². The van der Waals surface area contributed by atoms with Crippen molar-refractivity contribution < 1.29 is 0 Å². The number of fused-ring (bicyclic) bond motifs is 3. The molecule has 69 heavy (non-hydrogen) atoms. The van der Waals surface area contributed by atoms with E-state index in [0.29, 0.717) is 0 Å². The molecule has 0 spiro atoms. The van der Waals surface area contributed by atoms with Gasteiger partial charge in [0.2, 0.25) is 0 Å². The minimum Gasteiger partial charge on any atom is -0.291 e. The Balaban J connectivity index is 0.924. The van der Waals surface area contributed by atoms with Crippen LogP contribution in [0.25, 0.3) is 118 Å². The summed E-state index contributed by atoms with van der Waals surface area (Å²) in [7, 11) is 0. The van der Waals surface area contributed by atoms with E-state index in [1.54, 1.807) is 0 Å². The van der Waals surface area contributed by atoms with Crippen LogP contribution < -0.4 is 0 Å². The maximum Gasteiger partial charge on any atom is 0.164 e. The molecule has 0 aliphatic carbocycles. The van der Waals surface area contributed by atoms with Gasteiger partial charge in [-0.1, -0.05) is 91.0 Å². The zero-order valence-corrected chi connectivity index (χ0v) is 37.0. The van der Waals surface area contributed by atoms with E-state index in [9.17, 15) is 0 Å². The van der Waals surface area contributed by atoms with Crippen molar-refractivity contribution in [3.05, 3.63) is 237 Å². The lowest BCUT2D eigenvalue weighted by atomic mass is 9.93. The first kappa shape index (κ1) is 39.7. The number of pyridine rings is 3. The Labute approximate surface area is 397 Å². The number of hydrogen-bond acceptors (Lipinski definition) is 6. The molecule has 0 aliphatic rings. The van der Waals surface area contributed by atoms with Crippen LogP contribution in [0.3, 0.4) is 0 Å². The maximum absolute atomic E-state index is 5.03. The molecule has 0 unspecified atom stereocenters. The second kappa shape index (κ2) is 16.7. The van der Waals surface area contributed by atoms with E-state index in [-0.39, 0.29) is 0 Å².